The Kier molecular flexibility index (Phi) is 5.60. The first-order chi connectivity index (χ1) is 12.6. The number of halogens is 1. The molecule has 8 heteroatoms. The molecule has 0 fully saturated rings. The molecule has 0 spiro atoms. The van der Waals surface area contributed by atoms with Crippen LogP contribution < -0.4 is 10.6 Å². The van der Waals surface area contributed by atoms with Crippen molar-refractivity contribution in [1.82, 2.24) is 15.1 Å². The molecule has 0 aliphatic heterocycles. The number of nitrogens with zero attached hydrogens (tertiary/aromatic N) is 3. The summed E-state index contributed by atoms with van der Waals surface area (Å²) in [5.41, 5.74) is 2.57. The summed E-state index contributed by atoms with van der Waals surface area (Å²) in [6.07, 6.45) is 6.13. The summed E-state index contributed by atoms with van der Waals surface area (Å²) in [6, 6.07) is 7.73. The topological polar surface area (TPSA) is 92.9 Å². The monoisotopic (exact) mass is 369 g/mol. The molecule has 7 nitrogen and oxygen atoms in total. The van der Waals surface area contributed by atoms with Gasteiger partial charge >= 0.3 is 0 Å². The number of nitrogens with one attached hydrogen (secondary N) is 2. The molecule has 2 aromatic heterocycles. The average Bonchev–Trinajstić information content (AvgIpc) is 3.15. The van der Waals surface area contributed by atoms with Crippen LogP contribution in [0.3, 0.4) is 0 Å². The van der Waals surface area contributed by atoms with E-state index in [1.54, 1.807) is 0 Å². The fourth-order valence-electron chi connectivity index (χ4n) is 2.26. The van der Waals surface area contributed by atoms with Crippen molar-refractivity contribution in [1.29, 1.82) is 0 Å². The summed E-state index contributed by atoms with van der Waals surface area (Å²) in [5.74, 6) is 0.844. The summed E-state index contributed by atoms with van der Waals surface area (Å²) in [7, 11) is 0. The van der Waals surface area contributed by atoms with Crippen molar-refractivity contribution in [2.45, 2.75) is 13.0 Å². The van der Waals surface area contributed by atoms with Crippen LogP contribution in [0, 0.1) is 0 Å². The molecule has 0 saturated carbocycles. The highest BCUT2D eigenvalue weighted by molar-refractivity contribution is 6.32. The number of ketones is 1. The highest BCUT2D eigenvalue weighted by Gasteiger charge is 2.07. The maximum atomic E-state index is 11.5. The first kappa shape index (κ1) is 17.6. The molecule has 0 unspecified atom stereocenters. The van der Waals surface area contributed by atoms with Gasteiger partial charge in [-0.2, -0.15) is 4.98 Å². The minimum Gasteiger partial charge on any atom is -0.365 e. The molecular weight excluding hydrogens is 354 g/mol. The van der Waals surface area contributed by atoms with E-state index < -0.39 is 0 Å². The number of rotatable bonds is 8. The first-order valence-electron chi connectivity index (χ1n) is 7.80. The molecule has 0 aliphatic rings. The molecule has 2 N–H and O–H groups in total. The van der Waals surface area contributed by atoms with E-state index in [1.807, 2.05) is 24.3 Å². The van der Waals surface area contributed by atoms with Gasteiger partial charge < -0.3 is 15.2 Å². The summed E-state index contributed by atoms with van der Waals surface area (Å²) in [5, 5.41) is 10.1. The highest BCUT2D eigenvalue weighted by atomic mass is 35.5. The maximum Gasteiger partial charge on any atom is 0.229 e. The summed E-state index contributed by atoms with van der Waals surface area (Å²) in [6.45, 7) is 3.99. The van der Waals surface area contributed by atoms with Crippen LogP contribution in [0.4, 0.5) is 17.5 Å². The van der Waals surface area contributed by atoms with Crippen molar-refractivity contribution in [3.63, 3.8) is 0 Å². The van der Waals surface area contributed by atoms with Crippen LogP contribution in [0.5, 0.6) is 0 Å². The second-order valence-corrected chi connectivity index (χ2v) is 5.86. The van der Waals surface area contributed by atoms with Gasteiger partial charge in [0.25, 0.3) is 0 Å². The van der Waals surface area contributed by atoms with Gasteiger partial charge in [-0.15, -0.1) is 0 Å². The lowest BCUT2D eigenvalue weighted by atomic mass is 10.1. The second kappa shape index (κ2) is 8.26. The van der Waals surface area contributed by atoms with Crippen molar-refractivity contribution in [2.75, 3.05) is 10.6 Å². The van der Waals surface area contributed by atoms with E-state index in [9.17, 15) is 4.79 Å². The third-order valence-corrected chi connectivity index (χ3v) is 3.77. The highest BCUT2D eigenvalue weighted by Crippen LogP contribution is 2.22. The normalized spacial score (nSPS) is 10.3. The van der Waals surface area contributed by atoms with Crippen LogP contribution in [0.25, 0.3) is 0 Å². The zero-order chi connectivity index (χ0) is 18.4. The van der Waals surface area contributed by atoms with Crippen molar-refractivity contribution < 1.29 is 9.32 Å². The third-order valence-electron chi connectivity index (χ3n) is 3.49. The van der Waals surface area contributed by atoms with Gasteiger partial charge in [0.2, 0.25) is 5.95 Å². The molecule has 3 rings (SSSR count). The van der Waals surface area contributed by atoms with Crippen LogP contribution in [-0.2, 0) is 17.8 Å². The Morgan fingerprint density at radius 3 is 2.92 bits per heavy atom. The number of hydrogen-bond acceptors (Lipinski definition) is 7. The SMILES string of the molecule is C=CC(=O)Cc1cccc(CNc2nc(Nc3cnoc3)ncc2Cl)c1. The maximum absolute atomic E-state index is 11.5. The van der Waals surface area contributed by atoms with Crippen LogP contribution in [-0.4, -0.2) is 20.9 Å². The summed E-state index contributed by atoms with van der Waals surface area (Å²) in [4.78, 5) is 20.0. The predicted molar refractivity (Wildman–Crippen MR) is 99.5 cm³/mol. The van der Waals surface area contributed by atoms with Crippen molar-refractivity contribution in [2.24, 2.45) is 0 Å². The number of benzene rings is 1. The summed E-state index contributed by atoms with van der Waals surface area (Å²) < 4.78 is 4.75. The molecule has 132 valence electrons. The Morgan fingerprint density at radius 1 is 1.31 bits per heavy atom. The first-order valence-corrected chi connectivity index (χ1v) is 8.18. The number of carbonyl (C=O) groups is 1. The largest absolute Gasteiger partial charge is 0.365 e. The smallest absolute Gasteiger partial charge is 0.229 e. The van der Waals surface area contributed by atoms with Gasteiger partial charge in [-0.25, -0.2) is 4.98 Å². The van der Waals surface area contributed by atoms with E-state index in [4.69, 9.17) is 16.1 Å². The van der Waals surface area contributed by atoms with E-state index >= 15 is 0 Å². The lowest BCUT2D eigenvalue weighted by Crippen LogP contribution is -2.06. The average molecular weight is 370 g/mol. The van der Waals surface area contributed by atoms with E-state index in [-0.39, 0.29) is 5.78 Å². The van der Waals surface area contributed by atoms with Gasteiger partial charge in [-0.05, 0) is 17.2 Å². The van der Waals surface area contributed by atoms with E-state index in [1.165, 1.54) is 24.7 Å². The van der Waals surface area contributed by atoms with Crippen LogP contribution in [0.15, 0.2) is 60.1 Å². The quantitative estimate of drug-likeness (QED) is 0.584. The molecule has 26 heavy (non-hydrogen) atoms. The molecule has 3 aromatic rings. The minimum absolute atomic E-state index is 0.0154. The van der Waals surface area contributed by atoms with Crippen molar-refractivity contribution >= 4 is 34.8 Å². The Labute approximate surface area is 155 Å². The van der Waals surface area contributed by atoms with Crippen molar-refractivity contribution in [3.05, 3.63) is 71.7 Å². The zero-order valence-electron chi connectivity index (χ0n) is 13.8. The van der Waals surface area contributed by atoms with Gasteiger partial charge in [0.15, 0.2) is 11.6 Å². The fourth-order valence-corrected chi connectivity index (χ4v) is 2.41. The van der Waals surface area contributed by atoms with Gasteiger partial charge in [0.05, 0.1) is 12.4 Å². The van der Waals surface area contributed by atoms with Gasteiger partial charge in [0.1, 0.15) is 17.0 Å². The predicted octanol–water partition coefficient (Wildman–Crippen LogP) is 3.77. The van der Waals surface area contributed by atoms with E-state index in [0.717, 1.165) is 11.1 Å². The zero-order valence-corrected chi connectivity index (χ0v) is 14.5. The number of hydrogen-bond donors (Lipinski definition) is 2. The molecule has 0 radical (unpaired) electrons. The Bertz CT molecular complexity index is 912. The Balaban J connectivity index is 1.68. The van der Waals surface area contributed by atoms with E-state index in [0.29, 0.717) is 35.4 Å². The molecule has 0 aliphatic carbocycles. The minimum atomic E-state index is -0.0154. The molecule has 0 atom stereocenters. The molecule has 0 saturated heterocycles. The number of aromatic nitrogens is 3. The lowest BCUT2D eigenvalue weighted by Gasteiger charge is -2.10. The lowest BCUT2D eigenvalue weighted by molar-refractivity contribution is -0.114. The van der Waals surface area contributed by atoms with Crippen LogP contribution in [0.2, 0.25) is 5.02 Å². The Hall–Kier alpha value is -3.19. The Morgan fingerprint density at radius 2 is 2.15 bits per heavy atom. The second-order valence-electron chi connectivity index (χ2n) is 5.45. The number of anilines is 3. The van der Waals surface area contributed by atoms with Crippen molar-refractivity contribution in [3.8, 4) is 0 Å². The molecule has 2 heterocycles. The van der Waals surface area contributed by atoms with Gasteiger partial charge in [-0.3, -0.25) is 4.79 Å². The standard InChI is InChI=1S/C18H16ClN5O2/c1-2-15(25)7-12-4-3-5-13(6-12)8-20-17-16(19)10-21-18(24-17)23-14-9-22-26-11-14/h2-6,9-11H,1,7-8H2,(H2,20,21,23,24). The molecule has 0 bridgehead atoms. The number of carbonyl (C=O) groups excluding carboxylic acids is 1. The van der Waals surface area contributed by atoms with E-state index in [2.05, 4.69) is 32.3 Å². The molecular formula is C18H16ClN5O2. The third kappa shape index (κ3) is 4.67. The van der Waals surface area contributed by atoms with Crippen LogP contribution >= 0.6 is 11.6 Å². The summed E-state index contributed by atoms with van der Waals surface area (Å²) >= 11 is 6.16. The number of allylic oxidation sites excluding steroid dienone is 1. The fraction of sp³-hybridized carbons (Fsp3) is 0.111. The van der Waals surface area contributed by atoms with Gasteiger partial charge in [0, 0.05) is 13.0 Å². The van der Waals surface area contributed by atoms with Gasteiger partial charge in [-0.1, -0.05) is 47.6 Å². The molecule has 0 amide bonds. The van der Waals surface area contributed by atoms with Crippen LogP contribution in [0.1, 0.15) is 11.1 Å². The molecule has 1 aromatic carbocycles.